The maximum atomic E-state index is 12.1. The Morgan fingerprint density at radius 3 is 2.11 bits per heavy atom. The van der Waals surface area contributed by atoms with Crippen molar-refractivity contribution in [3.05, 3.63) is 0 Å². The molecule has 370 valence electrons. The molecule has 17 heteroatoms. The Morgan fingerprint density at radius 2 is 1.47 bits per heavy atom. The fourth-order valence-corrected chi connectivity index (χ4v) is 12.7. The second kappa shape index (κ2) is 19.0. The van der Waals surface area contributed by atoms with E-state index in [1.165, 1.54) is 7.11 Å². The Morgan fingerprint density at radius 1 is 0.781 bits per heavy atom. The summed E-state index contributed by atoms with van der Waals surface area (Å²) >= 11 is 0. The van der Waals surface area contributed by atoms with Gasteiger partial charge in [0.25, 0.3) is 0 Å². The highest BCUT2D eigenvalue weighted by atomic mass is 16.7. The molecule has 0 unspecified atom stereocenters. The van der Waals surface area contributed by atoms with Crippen molar-refractivity contribution in [3.8, 4) is 0 Å². The van der Waals surface area contributed by atoms with Crippen LogP contribution < -0.4 is 5.73 Å². The fourth-order valence-electron chi connectivity index (χ4n) is 12.7. The molecule has 7 aliphatic heterocycles. The highest BCUT2D eigenvalue weighted by molar-refractivity contribution is 5.74. The predicted octanol–water partition coefficient (Wildman–Crippen LogP) is 3.72. The van der Waals surface area contributed by atoms with Crippen LogP contribution in [0.1, 0.15) is 120 Å². The lowest BCUT2D eigenvalue weighted by molar-refractivity contribution is -0.364. The highest BCUT2D eigenvalue weighted by Gasteiger charge is 2.64. The number of primary amides is 1. The van der Waals surface area contributed by atoms with E-state index in [1.807, 2.05) is 27.7 Å². The van der Waals surface area contributed by atoms with Gasteiger partial charge in [-0.3, -0.25) is 4.79 Å². The van der Waals surface area contributed by atoms with Crippen molar-refractivity contribution in [1.29, 1.82) is 0 Å². The highest BCUT2D eigenvalue weighted by Crippen LogP contribution is 2.55. The summed E-state index contributed by atoms with van der Waals surface area (Å²) in [5, 5.41) is 34.7. The Labute approximate surface area is 380 Å². The minimum atomic E-state index is -1.91. The van der Waals surface area contributed by atoms with Crippen LogP contribution in [0.2, 0.25) is 0 Å². The number of nitrogens with two attached hydrogens (primary N) is 1. The maximum Gasteiger partial charge on any atom is 0.222 e. The van der Waals surface area contributed by atoms with Crippen LogP contribution in [-0.2, 0) is 61.6 Å². The zero-order chi connectivity index (χ0) is 46.9. The molecule has 1 amide bonds. The zero-order valence-electron chi connectivity index (χ0n) is 40.6. The fraction of sp³-hybridized carbons (Fsp3) is 0.979. The van der Waals surface area contributed by atoms with Crippen LogP contribution >= 0.6 is 0 Å². The molecule has 7 fully saturated rings. The smallest absolute Gasteiger partial charge is 0.222 e. The summed E-state index contributed by atoms with van der Waals surface area (Å²) < 4.78 is 77.8. The van der Waals surface area contributed by atoms with Crippen LogP contribution in [0.5, 0.6) is 0 Å². The van der Waals surface area contributed by atoms with E-state index < -0.39 is 102 Å². The summed E-state index contributed by atoms with van der Waals surface area (Å²) in [5.74, 6) is -6.38. The van der Waals surface area contributed by atoms with Crippen LogP contribution in [0.3, 0.4) is 0 Å². The van der Waals surface area contributed by atoms with Crippen molar-refractivity contribution in [3.63, 3.8) is 0 Å². The van der Waals surface area contributed by atoms with Gasteiger partial charge in [-0.15, -0.1) is 0 Å². The predicted molar refractivity (Wildman–Crippen MR) is 229 cm³/mol. The molecule has 0 saturated carbocycles. The molecule has 7 heterocycles. The van der Waals surface area contributed by atoms with Gasteiger partial charge in [0, 0.05) is 77.8 Å². The first-order valence-corrected chi connectivity index (χ1v) is 23.9. The van der Waals surface area contributed by atoms with Crippen LogP contribution in [0.25, 0.3) is 0 Å². The number of aliphatic hydroxyl groups is 3. The Kier molecular flexibility index (Phi) is 15.1. The largest absolute Gasteiger partial charge is 0.393 e. The molecule has 1 spiro atoms. The molecule has 0 aliphatic carbocycles. The van der Waals surface area contributed by atoms with Gasteiger partial charge < -0.3 is 77.9 Å². The normalized spacial score (nSPS) is 54.1. The standard InChI is InChI=1S/C47H81NO16/c1-23-18-24(2)45(9,51)61-36(23)31-19-32(58-35-20-30(53-10)40(55-12)28(6)57-35)42(59-31)44(8)15-14-33(60-44)43(7)16-17-46(64-43)21-29(49)25(3)37(62-46)26(4)38-41(56-13)39(54-11)27(5)47(52,63-38)22-34(48)50/h23-33,35-42,49,51-52H,14-22H2,1-13H3,(H2,48,50)/t23-,24+,25+,26+,27-,28-,29-,30-,31+,32-,33+,35+,36-,37-,38-,39-,40-,41-,42+,43-,44-,45-,46+,47+/m0/s1. The Bertz CT molecular complexity index is 1610. The number of rotatable bonds is 13. The van der Waals surface area contributed by atoms with Gasteiger partial charge in [-0.1, -0.05) is 34.6 Å². The van der Waals surface area contributed by atoms with Gasteiger partial charge in [-0.2, -0.15) is 0 Å². The van der Waals surface area contributed by atoms with Crippen molar-refractivity contribution in [1.82, 2.24) is 0 Å². The SMILES string of the molecule is CO[C@@H]1[C@@H](OC)[C@H](C)[C@@](O)(CC(N)=O)O[C@H]1[C@H](C)[C@H]1O[C@@]2(CC[C@@](C)([C@H]3CC[C@@](C)([C@@H]4O[C@@H]([C@H]5O[C@](C)(O)[C@H](C)C[C@@H]5C)C[C@@H]4O[C@@H]4C[C@H](OC)[C@@H](OC)[C@H](C)O4)O3)O2)C[C@H](O)[C@H]1C. The van der Waals surface area contributed by atoms with Crippen molar-refractivity contribution in [2.75, 3.05) is 28.4 Å². The quantitative estimate of drug-likeness (QED) is 0.207. The summed E-state index contributed by atoms with van der Waals surface area (Å²) in [6.07, 6.45) is -2.61. The van der Waals surface area contributed by atoms with E-state index in [1.54, 1.807) is 35.2 Å². The van der Waals surface area contributed by atoms with E-state index in [4.69, 9.17) is 62.6 Å². The number of aliphatic hydroxyl groups excluding tert-OH is 1. The van der Waals surface area contributed by atoms with Gasteiger partial charge in [0.2, 0.25) is 5.91 Å². The van der Waals surface area contributed by atoms with Crippen LogP contribution in [0.15, 0.2) is 0 Å². The zero-order valence-corrected chi connectivity index (χ0v) is 40.6. The molecule has 0 aromatic rings. The number of carbonyl (C=O) groups excluding carboxylic acids is 1. The molecule has 7 saturated heterocycles. The maximum absolute atomic E-state index is 12.1. The van der Waals surface area contributed by atoms with Gasteiger partial charge in [0.05, 0.1) is 78.7 Å². The summed E-state index contributed by atoms with van der Waals surface area (Å²) in [7, 11) is 6.43. The second-order valence-electron chi connectivity index (χ2n) is 21.4. The first-order valence-electron chi connectivity index (χ1n) is 23.9. The van der Waals surface area contributed by atoms with Crippen LogP contribution in [-0.4, -0.2) is 164 Å². The van der Waals surface area contributed by atoms with E-state index in [9.17, 15) is 20.1 Å². The monoisotopic (exact) mass is 916 g/mol. The van der Waals surface area contributed by atoms with Crippen LogP contribution in [0.4, 0.5) is 0 Å². The molecule has 64 heavy (non-hydrogen) atoms. The molecule has 24 atom stereocenters. The molecule has 0 bridgehead atoms. The van der Waals surface area contributed by atoms with Gasteiger partial charge in [-0.05, 0) is 59.3 Å². The van der Waals surface area contributed by atoms with Gasteiger partial charge in [-0.25, -0.2) is 0 Å². The number of hydrogen-bond acceptors (Lipinski definition) is 16. The topological polar surface area (TPSA) is 215 Å². The molecular formula is C47H81NO16. The minimum Gasteiger partial charge on any atom is -0.393 e. The van der Waals surface area contributed by atoms with Crippen molar-refractivity contribution in [2.24, 2.45) is 35.3 Å². The summed E-state index contributed by atoms with van der Waals surface area (Å²) in [5.41, 5.74) is 4.01. The van der Waals surface area contributed by atoms with E-state index in [0.29, 0.717) is 38.5 Å². The lowest BCUT2D eigenvalue weighted by Gasteiger charge is -2.53. The van der Waals surface area contributed by atoms with E-state index in [0.717, 1.165) is 6.42 Å². The molecule has 17 nitrogen and oxygen atoms in total. The van der Waals surface area contributed by atoms with Crippen molar-refractivity contribution >= 4 is 5.91 Å². The summed E-state index contributed by atoms with van der Waals surface area (Å²) in [6, 6.07) is 0. The molecule has 0 radical (unpaired) electrons. The average molecular weight is 916 g/mol. The van der Waals surface area contributed by atoms with E-state index in [-0.39, 0.29) is 60.8 Å². The third-order valence-corrected chi connectivity index (χ3v) is 16.8. The first kappa shape index (κ1) is 50.7. The lowest BCUT2D eigenvalue weighted by Crippen LogP contribution is -2.66. The Hall–Kier alpha value is -1.13. The molecular weight excluding hydrogens is 835 g/mol. The molecule has 0 aromatic heterocycles. The molecule has 7 aliphatic rings. The lowest BCUT2D eigenvalue weighted by atomic mass is 9.75. The minimum absolute atomic E-state index is 0.0364. The van der Waals surface area contributed by atoms with E-state index >= 15 is 0 Å². The van der Waals surface area contributed by atoms with Gasteiger partial charge in [0.15, 0.2) is 23.7 Å². The molecule has 5 N–H and O–H groups in total. The summed E-state index contributed by atoms with van der Waals surface area (Å²) in [6.45, 7) is 17.6. The number of carbonyl (C=O) groups is 1. The number of hydrogen-bond donors (Lipinski definition) is 4. The number of methoxy groups -OCH3 is 4. The van der Waals surface area contributed by atoms with Gasteiger partial charge in [0.1, 0.15) is 18.3 Å². The number of amides is 1. The van der Waals surface area contributed by atoms with Crippen molar-refractivity contribution in [2.45, 2.75) is 234 Å². The third-order valence-electron chi connectivity index (χ3n) is 16.8. The number of ether oxygens (including phenoxy) is 12. The van der Waals surface area contributed by atoms with E-state index in [2.05, 4.69) is 20.8 Å². The molecule has 0 aromatic carbocycles. The van der Waals surface area contributed by atoms with Crippen molar-refractivity contribution < 1.29 is 77.0 Å². The van der Waals surface area contributed by atoms with Gasteiger partial charge >= 0.3 is 0 Å². The third kappa shape index (κ3) is 9.46. The first-order chi connectivity index (χ1) is 30.0. The summed E-state index contributed by atoms with van der Waals surface area (Å²) in [4.78, 5) is 12.1. The average Bonchev–Trinajstić information content (AvgIpc) is 3.94. The second-order valence-corrected chi connectivity index (χ2v) is 21.4. The van der Waals surface area contributed by atoms with Crippen LogP contribution in [0, 0.1) is 29.6 Å². The molecule has 7 rings (SSSR count). The Balaban J connectivity index is 1.09.